The van der Waals surface area contributed by atoms with Gasteiger partial charge in [0.25, 0.3) is 0 Å². The fourth-order valence-electron chi connectivity index (χ4n) is 3.41. The van der Waals surface area contributed by atoms with Crippen molar-refractivity contribution >= 4 is 17.3 Å². The molecule has 0 amide bonds. The molecule has 3 nitrogen and oxygen atoms in total. The fourth-order valence-corrected chi connectivity index (χ4v) is 3.62. The van der Waals surface area contributed by atoms with Crippen LogP contribution >= 0.6 is 11.6 Å². The average molecular weight is 276 g/mol. The molecule has 100 valence electrons. The smallest absolute Gasteiger partial charge is 0.103 e. The van der Waals surface area contributed by atoms with Gasteiger partial charge in [-0.25, -0.2) is 0 Å². The first-order valence-corrected chi connectivity index (χ1v) is 7.37. The predicted octanol–water partition coefficient (Wildman–Crippen LogP) is 2.93. The molecule has 19 heavy (non-hydrogen) atoms. The first-order chi connectivity index (χ1) is 9.31. The maximum absolute atomic E-state index is 9.33. The molecule has 2 aliphatic rings. The molecule has 0 bridgehead atoms. The van der Waals surface area contributed by atoms with E-state index in [0.29, 0.717) is 22.7 Å². The molecule has 3 rings (SSSR count). The summed E-state index contributed by atoms with van der Waals surface area (Å²) >= 11 is 6.15. The summed E-state index contributed by atoms with van der Waals surface area (Å²) in [5, 5.41) is 13.5. The van der Waals surface area contributed by atoms with Crippen LogP contribution in [0.15, 0.2) is 18.2 Å². The summed E-state index contributed by atoms with van der Waals surface area (Å²) < 4.78 is 0. The molecule has 2 atom stereocenters. The molecule has 0 spiro atoms. The van der Waals surface area contributed by atoms with E-state index in [4.69, 9.17) is 11.6 Å². The zero-order valence-electron chi connectivity index (χ0n) is 10.9. The van der Waals surface area contributed by atoms with E-state index in [1.807, 2.05) is 12.1 Å². The van der Waals surface area contributed by atoms with Crippen molar-refractivity contribution < 1.29 is 0 Å². The van der Waals surface area contributed by atoms with Crippen LogP contribution in [0, 0.1) is 11.3 Å². The van der Waals surface area contributed by atoms with Gasteiger partial charge in [-0.05, 0) is 44.4 Å². The average Bonchev–Trinajstić information content (AvgIpc) is 3.09. The van der Waals surface area contributed by atoms with E-state index >= 15 is 0 Å². The van der Waals surface area contributed by atoms with Crippen molar-refractivity contribution in [1.29, 1.82) is 5.26 Å². The first-order valence-electron chi connectivity index (χ1n) is 7.00. The summed E-state index contributed by atoms with van der Waals surface area (Å²) in [6.07, 6.45) is 4.90. The van der Waals surface area contributed by atoms with Crippen LogP contribution in [0.25, 0.3) is 0 Å². The van der Waals surface area contributed by atoms with Crippen LogP contribution in [0.4, 0.5) is 5.69 Å². The second-order valence-corrected chi connectivity index (χ2v) is 5.76. The molecule has 0 aliphatic carbocycles. The number of benzene rings is 1. The van der Waals surface area contributed by atoms with Crippen molar-refractivity contribution in [1.82, 2.24) is 5.32 Å². The zero-order valence-corrected chi connectivity index (χ0v) is 11.7. The van der Waals surface area contributed by atoms with Crippen LogP contribution in [-0.2, 0) is 0 Å². The second-order valence-electron chi connectivity index (χ2n) is 5.35. The quantitative estimate of drug-likeness (QED) is 0.902. The summed E-state index contributed by atoms with van der Waals surface area (Å²) in [4.78, 5) is 2.38. The molecule has 1 aromatic rings. The van der Waals surface area contributed by atoms with Crippen LogP contribution < -0.4 is 10.2 Å². The minimum atomic E-state index is 0.507. The molecule has 2 saturated heterocycles. The molecule has 1 aromatic carbocycles. The number of hydrogen-bond donors (Lipinski definition) is 1. The van der Waals surface area contributed by atoms with E-state index in [2.05, 4.69) is 16.3 Å². The monoisotopic (exact) mass is 275 g/mol. The van der Waals surface area contributed by atoms with Gasteiger partial charge in [0.2, 0.25) is 0 Å². The predicted molar refractivity (Wildman–Crippen MR) is 77.6 cm³/mol. The van der Waals surface area contributed by atoms with Crippen LogP contribution in [0.5, 0.6) is 0 Å². The van der Waals surface area contributed by atoms with E-state index in [1.54, 1.807) is 6.07 Å². The molecule has 0 aromatic heterocycles. The number of halogens is 1. The molecule has 4 heteroatoms. The zero-order chi connectivity index (χ0) is 13.2. The Bertz CT molecular complexity index is 503. The lowest BCUT2D eigenvalue weighted by Crippen LogP contribution is -2.44. The van der Waals surface area contributed by atoms with Gasteiger partial charge in [-0.1, -0.05) is 17.7 Å². The lowest BCUT2D eigenvalue weighted by Gasteiger charge is -2.32. The topological polar surface area (TPSA) is 39.1 Å². The Morgan fingerprint density at radius 1 is 1.32 bits per heavy atom. The Balaban J connectivity index is 1.92. The Labute approximate surface area is 119 Å². The van der Waals surface area contributed by atoms with Gasteiger partial charge in [-0.2, -0.15) is 5.26 Å². The van der Waals surface area contributed by atoms with Crippen molar-refractivity contribution in [2.24, 2.45) is 0 Å². The van der Waals surface area contributed by atoms with Gasteiger partial charge in [-0.15, -0.1) is 0 Å². The van der Waals surface area contributed by atoms with Gasteiger partial charge in [0.05, 0.1) is 16.3 Å². The summed E-state index contributed by atoms with van der Waals surface area (Å²) in [7, 11) is 0. The molecule has 1 N–H and O–H groups in total. The highest BCUT2D eigenvalue weighted by atomic mass is 35.5. The molecule has 2 fully saturated rings. The van der Waals surface area contributed by atoms with Crippen molar-refractivity contribution in [2.45, 2.75) is 37.8 Å². The lowest BCUT2D eigenvalue weighted by atomic mass is 10.0. The Morgan fingerprint density at radius 2 is 2.21 bits per heavy atom. The van der Waals surface area contributed by atoms with Gasteiger partial charge in [-0.3, -0.25) is 0 Å². The van der Waals surface area contributed by atoms with Gasteiger partial charge in [0, 0.05) is 18.6 Å². The number of nitrogens with zero attached hydrogens (tertiary/aromatic N) is 2. The van der Waals surface area contributed by atoms with E-state index in [1.165, 1.54) is 25.7 Å². The largest absolute Gasteiger partial charge is 0.366 e. The molecule has 2 unspecified atom stereocenters. The summed E-state index contributed by atoms with van der Waals surface area (Å²) in [5.74, 6) is 0. The summed E-state index contributed by atoms with van der Waals surface area (Å²) in [5.41, 5.74) is 1.63. The number of nitrogens with one attached hydrogen (secondary N) is 1. The third-order valence-electron chi connectivity index (χ3n) is 4.27. The maximum Gasteiger partial charge on any atom is 0.103 e. The van der Waals surface area contributed by atoms with Gasteiger partial charge in [0.15, 0.2) is 0 Å². The molecular weight excluding hydrogens is 258 g/mol. The number of anilines is 1. The molecule has 0 saturated carbocycles. The Morgan fingerprint density at radius 3 is 2.95 bits per heavy atom. The number of hydrogen-bond acceptors (Lipinski definition) is 3. The number of nitriles is 1. The summed E-state index contributed by atoms with van der Waals surface area (Å²) in [6, 6.07) is 9.09. The van der Waals surface area contributed by atoms with Gasteiger partial charge >= 0.3 is 0 Å². The van der Waals surface area contributed by atoms with E-state index in [-0.39, 0.29) is 0 Å². The minimum absolute atomic E-state index is 0.507. The van der Waals surface area contributed by atoms with E-state index in [9.17, 15) is 5.26 Å². The second kappa shape index (κ2) is 5.40. The third-order valence-corrected chi connectivity index (χ3v) is 4.59. The van der Waals surface area contributed by atoms with Crippen molar-refractivity contribution in [3.05, 3.63) is 28.8 Å². The van der Waals surface area contributed by atoms with E-state index < -0.39 is 0 Å². The highest BCUT2D eigenvalue weighted by Crippen LogP contribution is 2.34. The third kappa shape index (κ3) is 2.31. The fraction of sp³-hybridized carbons (Fsp3) is 0.533. The molecule has 0 radical (unpaired) electrons. The number of rotatable bonds is 2. The highest BCUT2D eigenvalue weighted by molar-refractivity contribution is 6.32. The van der Waals surface area contributed by atoms with Crippen LogP contribution in [0.3, 0.4) is 0 Å². The van der Waals surface area contributed by atoms with Gasteiger partial charge in [0.1, 0.15) is 6.07 Å². The Kier molecular flexibility index (Phi) is 3.63. The van der Waals surface area contributed by atoms with Crippen LogP contribution in [0.2, 0.25) is 5.02 Å². The van der Waals surface area contributed by atoms with E-state index in [0.717, 1.165) is 18.8 Å². The van der Waals surface area contributed by atoms with Crippen LogP contribution in [0.1, 0.15) is 31.2 Å². The molecule has 2 aliphatic heterocycles. The van der Waals surface area contributed by atoms with Crippen molar-refractivity contribution in [2.75, 3.05) is 18.0 Å². The Hall–Kier alpha value is -1.24. The first kappa shape index (κ1) is 12.8. The minimum Gasteiger partial charge on any atom is -0.366 e. The van der Waals surface area contributed by atoms with Crippen molar-refractivity contribution in [3.63, 3.8) is 0 Å². The van der Waals surface area contributed by atoms with Crippen LogP contribution in [-0.4, -0.2) is 25.2 Å². The van der Waals surface area contributed by atoms with Crippen molar-refractivity contribution in [3.8, 4) is 6.07 Å². The normalized spacial score (nSPS) is 26.6. The maximum atomic E-state index is 9.33. The highest BCUT2D eigenvalue weighted by Gasteiger charge is 2.34. The summed E-state index contributed by atoms with van der Waals surface area (Å²) in [6.45, 7) is 2.15. The molecule has 2 heterocycles. The lowest BCUT2D eigenvalue weighted by molar-refractivity contribution is 0.482. The van der Waals surface area contributed by atoms with Gasteiger partial charge < -0.3 is 10.2 Å². The SMILES string of the molecule is N#Cc1c(Cl)cccc1N1CCCC1C1CCCN1. The molecular formula is C15H18ClN3. The standard InChI is InChI=1S/C15H18ClN3/c16-12-4-1-6-14(11(12)10-17)19-9-3-7-15(19)13-5-2-8-18-13/h1,4,6,13,15,18H,2-3,5,7-9H2.